The quantitative estimate of drug-likeness (QED) is 0.741. The first-order chi connectivity index (χ1) is 10.1. The molecule has 0 spiro atoms. The van der Waals surface area contributed by atoms with Crippen LogP contribution in [0.2, 0.25) is 0 Å². The lowest BCUT2D eigenvalue weighted by Crippen LogP contribution is -2.51. The summed E-state index contributed by atoms with van der Waals surface area (Å²) in [6.07, 6.45) is 1.52. The SMILES string of the molecule is CC(C)C1(C(=O)NC(CO)Cc2ccccc2)CCNC1. The minimum atomic E-state index is -0.343. The van der Waals surface area contributed by atoms with E-state index in [2.05, 4.69) is 24.5 Å². The lowest BCUT2D eigenvalue weighted by molar-refractivity contribution is -0.133. The maximum Gasteiger partial charge on any atom is 0.228 e. The number of carbonyl (C=O) groups excluding carboxylic acids is 1. The van der Waals surface area contributed by atoms with Crippen LogP contribution in [0.4, 0.5) is 0 Å². The van der Waals surface area contributed by atoms with Crippen LogP contribution < -0.4 is 10.6 Å². The summed E-state index contributed by atoms with van der Waals surface area (Å²) in [6, 6.07) is 9.73. The smallest absolute Gasteiger partial charge is 0.228 e. The number of benzene rings is 1. The van der Waals surface area contributed by atoms with Gasteiger partial charge in [-0.15, -0.1) is 0 Å². The lowest BCUT2D eigenvalue weighted by Gasteiger charge is -2.33. The number of hydrogen-bond donors (Lipinski definition) is 3. The van der Waals surface area contributed by atoms with E-state index in [1.54, 1.807) is 0 Å². The van der Waals surface area contributed by atoms with Gasteiger partial charge in [0.2, 0.25) is 5.91 Å². The summed E-state index contributed by atoms with van der Waals surface area (Å²) >= 11 is 0. The van der Waals surface area contributed by atoms with Crippen LogP contribution in [0.1, 0.15) is 25.8 Å². The maximum atomic E-state index is 12.7. The molecule has 1 heterocycles. The van der Waals surface area contributed by atoms with Crippen molar-refractivity contribution in [1.29, 1.82) is 0 Å². The highest BCUT2D eigenvalue weighted by molar-refractivity contribution is 5.84. The van der Waals surface area contributed by atoms with Crippen LogP contribution >= 0.6 is 0 Å². The monoisotopic (exact) mass is 290 g/mol. The molecule has 4 heteroatoms. The normalized spacial score (nSPS) is 23.2. The van der Waals surface area contributed by atoms with Gasteiger partial charge in [0, 0.05) is 6.54 Å². The van der Waals surface area contributed by atoms with Crippen LogP contribution in [0.25, 0.3) is 0 Å². The molecule has 4 nitrogen and oxygen atoms in total. The first-order valence-electron chi connectivity index (χ1n) is 7.75. The zero-order chi connectivity index (χ0) is 15.3. The molecule has 1 saturated heterocycles. The van der Waals surface area contributed by atoms with E-state index in [-0.39, 0.29) is 29.9 Å². The summed E-state index contributed by atoms with van der Waals surface area (Å²) in [5.74, 6) is 0.348. The van der Waals surface area contributed by atoms with Crippen molar-refractivity contribution in [2.45, 2.75) is 32.7 Å². The molecule has 1 amide bonds. The molecular formula is C17H26N2O2. The Kier molecular flexibility index (Phi) is 5.37. The topological polar surface area (TPSA) is 61.4 Å². The van der Waals surface area contributed by atoms with Crippen LogP contribution in [0.15, 0.2) is 30.3 Å². The van der Waals surface area contributed by atoms with E-state index in [0.717, 1.165) is 25.1 Å². The molecule has 1 aliphatic rings. The number of rotatable bonds is 6. The molecule has 3 N–H and O–H groups in total. The van der Waals surface area contributed by atoms with E-state index in [1.165, 1.54) is 0 Å². The van der Waals surface area contributed by atoms with Crippen molar-refractivity contribution in [2.75, 3.05) is 19.7 Å². The summed E-state index contributed by atoms with van der Waals surface area (Å²) < 4.78 is 0. The second-order valence-corrected chi connectivity index (χ2v) is 6.28. The standard InChI is InChI=1S/C17H26N2O2/c1-13(2)17(8-9-18-12-17)16(21)19-15(11-20)10-14-6-4-3-5-7-14/h3-7,13,15,18,20H,8-12H2,1-2H3,(H,19,21). The number of hydrogen-bond acceptors (Lipinski definition) is 3. The molecule has 2 unspecified atom stereocenters. The maximum absolute atomic E-state index is 12.7. The molecule has 2 atom stereocenters. The van der Waals surface area contributed by atoms with Gasteiger partial charge in [-0.05, 0) is 30.9 Å². The molecule has 0 aliphatic carbocycles. The van der Waals surface area contributed by atoms with Gasteiger partial charge in [0.15, 0.2) is 0 Å². The zero-order valence-electron chi connectivity index (χ0n) is 12.9. The Hall–Kier alpha value is -1.39. The Morgan fingerprint density at radius 2 is 2.10 bits per heavy atom. The van der Waals surface area contributed by atoms with Crippen molar-refractivity contribution in [1.82, 2.24) is 10.6 Å². The second-order valence-electron chi connectivity index (χ2n) is 6.28. The lowest BCUT2D eigenvalue weighted by atomic mass is 9.75. The fourth-order valence-electron chi connectivity index (χ4n) is 3.05. The van der Waals surface area contributed by atoms with Gasteiger partial charge in [-0.25, -0.2) is 0 Å². The molecule has 21 heavy (non-hydrogen) atoms. The Morgan fingerprint density at radius 3 is 2.62 bits per heavy atom. The van der Waals surface area contributed by atoms with Gasteiger partial charge < -0.3 is 15.7 Å². The van der Waals surface area contributed by atoms with E-state index < -0.39 is 0 Å². The van der Waals surface area contributed by atoms with Crippen LogP contribution in [-0.2, 0) is 11.2 Å². The number of carbonyl (C=O) groups is 1. The van der Waals surface area contributed by atoms with Gasteiger partial charge in [0.1, 0.15) is 0 Å². The average molecular weight is 290 g/mol. The average Bonchev–Trinajstić information content (AvgIpc) is 2.98. The van der Waals surface area contributed by atoms with Crippen molar-refractivity contribution >= 4 is 5.91 Å². The first-order valence-corrected chi connectivity index (χ1v) is 7.75. The van der Waals surface area contributed by atoms with Crippen molar-refractivity contribution in [2.24, 2.45) is 11.3 Å². The van der Waals surface area contributed by atoms with Crippen molar-refractivity contribution in [3.63, 3.8) is 0 Å². The highest BCUT2D eigenvalue weighted by atomic mass is 16.3. The molecule has 0 bridgehead atoms. The van der Waals surface area contributed by atoms with Crippen molar-refractivity contribution in [3.8, 4) is 0 Å². The Morgan fingerprint density at radius 1 is 1.38 bits per heavy atom. The molecule has 116 valence electrons. The highest BCUT2D eigenvalue weighted by Crippen LogP contribution is 2.34. The van der Waals surface area contributed by atoms with E-state index in [0.29, 0.717) is 6.42 Å². The Balaban J connectivity index is 2.02. The summed E-state index contributed by atoms with van der Waals surface area (Å²) in [7, 11) is 0. The minimum absolute atomic E-state index is 0.0394. The fraction of sp³-hybridized carbons (Fsp3) is 0.588. The molecule has 1 aromatic rings. The highest BCUT2D eigenvalue weighted by Gasteiger charge is 2.44. The van der Waals surface area contributed by atoms with Gasteiger partial charge in [0.25, 0.3) is 0 Å². The van der Waals surface area contributed by atoms with Crippen LogP contribution in [0.3, 0.4) is 0 Å². The fourth-order valence-corrected chi connectivity index (χ4v) is 3.05. The van der Waals surface area contributed by atoms with Gasteiger partial charge in [0.05, 0.1) is 18.1 Å². The van der Waals surface area contributed by atoms with Gasteiger partial charge >= 0.3 is 0 Å². The molecule has 0 aromatic heterocycles. The number of aliphatic hydroxyl groups is 1. The minimum Gasteiger partial charge on any atom is -0.394 e. The molecule has 1 aromatic carbocycles. The molecule has 0 saturated carbocycles. The third-order valence-electron chi connectivity index (χ3n) is 4.63. The predicted molar refractivity (Wildman–Crippen MR) is 83.9 cm³/mol. The number of nitrogens with one attached hydrogen (secondary N) is 2. The third kappa shape index (κ3) is 3.63. The summed E-state index contributed by atoms with van der Waals surface area (Å²) in [5.41, 5.74) is 0.782. The molecule has 1 fully saturated rings. The van der Waals surface area contributed by atoms with E-state index in [4.69, 9.17) is 0 Å². The molecule has 2 rings (SSSR count). The number of amides is 1. The summed E-state index contributed by atoms with van der Waals surface area (Å²) in [4.78, 5) is 12.7. The van der Waals surface area contributed by atoms with Gasteiger partial charge in [-0.2, -0.15) is 0 Å². The molecular weight excluding hydrogens is 264 g/mol. The van der Waals surface area contributed by atoms with Gasteiger partial charge in [-0.1, -0.05) is 44.2 Å². The third-order valence-corrected chi connectivity index (χ3v) is 4.63. The van der Waals surface area contributed by atoms with Crippen molar-refractivity contribution in [3.05, 3.63) is 35.9 Å². The van der Waals surface area contributed by atoms with Crippen LogP contribution in [-0.4, -0.2) is 36.8 Å². The van der Waals surface area contributed by atoms with Crippen molar-refractivity contribution < 1.29 is 9.90 Å². The molecule has 1 aliphatic heterocycles. The first kappa shape index (κ1) is 16.0. The number of aliphatic hydroxyl groups excluding tert-OH is 1. The second kappa shape index (κ2) is 7.05. The summed E-state index contributed by atoms with van der Waals surface area (Å²) in [5, 5.41) is 15.9. The molecule has 0 radical (unpaired) electrons. The zero-order valence-corrected chi connectivity index (χ0v) is 12.9. The van der Waals surface area contributed by atoms with E-state index in [9.17, 15) is 9.90 Å². The summed E-state index contributed by atoms with van der Waals surface area (Å²) in [6.45, 7) is 5.76. The van der Waals surface area contributed by atoms with Crippen LogP contribution in [0.5, 0.6) is 0 Å². The Labute approximate surface area is 126 Å². The van der Waals surface area contributed by atoms with Crippen LogP contribution in [0, 0.1) is 11.3 Å². The largest absolute Gasteiger partial charge is 0.394 e. The van der Waals surface area contributed by atoms with E-state index >= 15 is 0 Å². The predicted octanol–water partition coefficient (Wildman–Crippen LogP) is 1.34. The Bertz CT molecular complexity index is 453. The van der Waals surface area contributed by atoms with Gasteiger partial charge in [-0.3, -0.25) is 4.79 Å². The van der Waals surface area contributed by atoms with E-state index in [1.807, 2.05) is 30.3 Å².